The van der Waals surface area contributed by atoms with Gasteiger partial charge in [-0.25, -0.2) is 0 Å². The molecule has 0 heterocycles. The lowest BCUT2D eigenvalue weighted by Gasteiger charge is -2.15. The Kier molecular flexibility index (Phi) is 5.69. The van der Waals surface area contributed by atoms with Crippen LogP contribution in [-0.4, -0.2) is 11.9 Å². The Bertz CT molecular complexity index is 401. The lowest BCUT2D eigenvalue weighted by Crippen LogP contribution is -2.33. The molecule has 3 heteroatoms. The van der Waals surface area contributed by atoms with E-state index in [9.17, 15) is 4.79 Å². The van der Waals surface area contributed by atoms with Crippen molar-refractivity contribution >= 4 is 11.6 Å². The van der Waals surface area contributed by atoms with Crippen LogP contribution < -0.4 is 11.1 Å². The van der Waals surface area contributed by atoms with Gasteiger partial charge in [0, 0.05) is 11.7 Å². The van der Waals surface area contributed by atoms with Crippen LogP contribution in [0.1, 0.15) is 55.5 Å². The van der Waals surface area contributed by atoms with Crippen molar-refractivity contribution in [3.8, 4) is 0 Å². The fourth-order valence-corrected chi connectivity index (χ4v) is 1.95. The number of carbonyl (C=O) groups is 1. The summed E-state index contributed by atoms with van der Waals surface area (Å²) in [4.78, 5) is 12.1. The number of amides is 1. The molecule has 0 bridgehead atoms. The van der Waals surface area contributed by atoms with E-state index in [-0.39, 0.29) is 11.9 Å². The quantitative estimate of drug-likeness (QED) is 0.599. The van der Waals surface area contributed by atoms with Crippen LogP contribution in [0.25, 0.3) is 0 Å². The van der Waals surface area contributed by atoms with Gasteiger partial charge in [-0.1, -0.05) is 38.3 Å². The molecule has 0 aliphatic rings. The molecule has 0 aliphatic carbocycles. The SMILES string of the molecule is CCCCCC(C)NC(=O)c1cccc(C)c1N. The Morgan fingerprint density at radius 2 is 2.11 bits per heavy atom. The van der Waals surface area contributed by atoms with Gasteiger partial charge in [0.25, 0.3) is 5.91 Å². The van der Waals surface area contributed by atoms with Gasteiger partial charge in [0.1, 0.15) is 0 Å². The average molecular weight is 248 g/mol. The molecule has 0 fully saturated rings. The predicted octanol–water partition coefficient (Wildman–Crippen LogP) is 3.28. The second-order valence-electron chi connectivity index (χ2n) is 4.91. The molecule has 0 aliphatic heterocycles. The molecular weight excluding hydrogens is 224 g/mol. The molecule has 0 radical (unpaired) electrons. The van der Waals surface area contributed by atoms with Crippen LogP contribution in [0.3, 0.4) is 0 Å². The number of hydrogen-bond donors (Lipinski definition) is 2. The molecule has 3 N–H and O–H groups in total. The molecule has 0 aromatic heterocycles. The van der Waals surface area contributed by atoms with E-state index in [0.29, 0.717) is 11.3 Å². The van der Waals surface area contributed by atoms with Crippen molar-refractivity contribution in [1.82, 2.24) is 5.32 Å². The maximum absolute atomic E-state index is 12.1. The molecule has 1 unspecified atom stereocenters. The van der Waals surface area contributed by atoms with E-state index in [1.807, 2.05) is 26.0 Å². The van der Waals surface area contributed by atoms with Crippen molar-refractivity contribution in [2.45, 2.75) is 52.5 Å². The van der Waals surface area contributed by atoms with Gasteiger partial charge >= 0.3 is 0 Å². The zero-order valence-corrected chi connectivity index (χ0v) is 11.6. The molecule has 0 spiro atoms. The van der Waals surface area contributed by atoms with Gasteiger partial charge in [-0.2, -0.15) is 0 Å². The van der Waals surface area contributed by atoms with E-state index < -0.39 is 0 Å². The van der Waals surface area contributed by atoms with Crippen LogP contribution in [0.4, 0.5) is 5.69 Å². The number of anilines is 1. The van der Waals surface area contributed by atoms with E-state index >= 15 is 0 Å². The summed E-state index contributed by atoms with van der Waals surface area (Å²) < 4.78 is 0. The van der Waals surface area contributed by atoms with Gasteiger partial charge in [-0.3, -0.25) is 4.79 Å². The zero-order chi connectivity index (χ0) is 13.5. The maximum atomic E-state index is 12.1. The molecule has 1 aromatic carbocycles. The van der Waals surface area contributed by atoms with Crippen LogP contribution in [-0.2, 0) is 0 Å². The number of hydrogen-bond acceptors (Lipinski definition) is 2. The molecule has 18 heavy (non-hydrogen) atoms. The second kappa shape index (κ2) is 7.04. The Hall–Kier alpha value is -1.51. The molecule has 1 amide bonds. The molecule has 1 atom stereocenters. The third-order valence-electron chi connectivity index (χ3n) is 3.19. The lowest BCUT2D eigenvalue weighted by molar-refractivity contribution is 0.0939. The minimum atomic E-state index is -0.0693. The van der Waals surface area contributed by atoms with Gasteiger partial charge in [-0.15, -0.1) is 0 Å². The highest BCUT2D eigenvalue weighted by Gasteiger charge is 2.13. The second-order valence-corrected chi connectivity index (χ2v) is 4.91. The number of benzene rings is 1. The van der Waals surface area contributed by atoms with Crippen LogP contribution in [0.15, 0.2) is 18.2 Å². The van der Waals surface area contributed by atoms with Gasteiger partial charge in [0.2, 0.25) is 0 Å². The predicted molar refractivity (Wildman–Crippen MR) is 76.7 cm³/mol. The molecule has 1 rings (SSSR count). The average Bonchev–Trinajstić information content (AvgIpc) is 2.32. The smallest absolute Gasteiger partial charge is 0.253 e. The van der Waals surface area contributed by atoms with Crippen molar-refractivity contribution in [2.24, 2.45) is 0 Å². The highest BCUT2D eigenvalue weighted by atomic mass is 16.1. The highest BCUT2D eigenvalue weighted by Crippen LogP contribution is 2.16. The highest BCUT2D eigenvalue weighted by molar-refractivity contribution is 5.99. The monoisotopic (exact) mass is 248 g/mol. The van der Waals surface area contributed by atoms with E-state index in [0.717, 1.165) is 18.4 Å². The first-order chi connectivity index (χ1) is 8.56. The van der Waals surface area contributed by atoms with Crippen molar-refractivity contribution in [1.29, 1.82) is 0 Å². The number of carbonyl (C=O) groups excluding carboxylic acids is 1. The summed E-state index contributed by atoms with van der Waals surface area (Å²) in [6.45, 7) is 6.13. The minimum Gasteiger partial charge on any atom is -0.398 e. The molecular formula is C15H24N2O. The fraction of sp³-hybridized carbons (Fsp3) is 0.533. The van der Waals surface area contributed by atoms with Gasteiger partial charge in [0.05, 0.1) is 5.56 Å². The Morgan fingerprint density at radius 1 is 1.39 bits per heavy atom. The molecule has 1 aromatic rings. The number of rotatable bonds is 6. The van der Waals surface area contributed by atoms with Gasteiger partial charge in [0.15, 0.2) is 0 Å². The Balaban J connectivity index is 2.57. The number of aryl methyl sites for hydroxylation is 1. The number of unbranched alkanes of at least 4 members (excludes halogenated alkanes) is 2. The minimum absolute atomic E-state index is 0.0693. The summed E-state index contributed by atoms with van der Waals surface area (Å²) in [6, 6.07) is 5.75. The third-order valence-corrected chi connectivity index (χ3v) is 3.19. The summed E-state index contributed by atoms with van der Waals surface area (Å²) in [5.74, 6) is -0.0693. The van der Waals surface area contributed by atoms with Crippen LogP contribution in [0.2, 0.25) is 0 Å². The Labute approximate surface area is 110 Å². The van der Waals surface area contributed by atoms with Crippen LogP contribution in [0.5, 0.6) is 0 Å². The first-order valence-corrected chi connectivity index (χ1v) is 6.72. The first kappa shape index (κ1) is 14.6. The summed E-state index contributed by atoms with van der Waals surface area (Å²) in [7, 11) is 0. The van der Waals surface area contributed by atoms with Crippen molar-refractivity contribution < 1.29 is 4.79 Å². The first-order valence-electron chi connectivity index (χ1n) is 6.72. The van der Waals surface area contributed by atoms with Crippen molar-refractivity contribution in [3.05, 3.63) is 29.3 Å². The summed E-state index contributed by atoms with van der Waals surface area (Å²) in [5.41, 5.74) is 8.03. The summed E-state index contributed by atoms with van der Waals surface area (Å²) >= 11 is 0. The number of nitrogen functional groups attached to an aromatic ring is 1. The topological polar surface area (TPSA) is 55.1 Å². The van der Waals surface area contributed by atoms with Gasteiger partial charge in [-0.05, 0) is 31.9 Å². The Morgan fingerprint density at radius 3 is 2.78 bits per heavy atom. The summed E-state index contributed by atoms with van der Waals surface area (Å²) in [5, 5.41) is 3.00. The normalized spacial score (nSPS) is 12.2. The van der Waals surface area contributed by atoms with Crippen LogP contribution >= 0.6 is 0 Å². The van der Waals surface area contributed by atoms with Crippen LogP contribution in [0, 0.1) is 6.92 Å². The largest absolute Gasteiger partial charge is 0.398 e. The summed E-state index contributed by atoms with van der Waals surface area (Å²) in [6.07, 6.45) is 4.59. The molecule has 0 saturated heterocycles. The lowest BCUT2D eigenvalue weighted by atomic mass is 10.1. The van der Waals surface area contributed by atoms with E-state index in [1.165, 1.54) is 12.8 Å². The van der Waals surface area contributed by atoms with E-state index in [2.05, 4.69) is 12.2 Å². The van der Waals surface area contributed by atoms with Crippen molar-refractivity contribution in [2.75, 3.05) is 5.73 Å². The number of nitrogens with two attached hydrogens (primary N) is 1. The van der Waals surface area contributed by atoms with Crippen molar-refractivity contribution in [3.63, 3.8) is 0 Å². The molecule has 100 valence electrons. The number of para-hydroxylation sites is 1. The molecule has 3 nitrogen and oxygen atoms in total. The van der Waals surface area contributed by atoms with E-state index in [1.54, 1.807) is 6.07 Å². The maximum Gasteiger partial charge on any atom is 0.253 e. The number of nitrogens with one attached hydrogen (secondary N) is 1. The standard InChI is InChI=1S/C15H24N2O/c1-4-5-6-9-12(3)17-15(18)13-10-7-8-11(2)14(13)16/h7-8,10,12H,4-6,9,16H2,1-3H3,(H,17,18). The zero-order valence-electron chi connectivity index (χ0n) is 11.6. The fourth-order valence-electron chi connectivity index (χ4n) is 1.95. The third kappa shape index (κ3) is 4.06. The molecule has 0 saturated carbocycles. The van der Waals surface area contributed by atoms with E-state index in [4.69, 9.17) is 5.73 Å². The van der Waals surface area contributed by atoms with Gasteiger partial charge < -0.3 is 11.1 Å².